The van der Waals surface area contributed by atoms with Gasteiger partial charge in [-0.25, -0.2) is 0 Å². The average molecular weight is 422 g/mol. The number of anilines is 2. The van der Waals surface area contributed by atoms with Crippen LogP contribution in [0.4, 0.5) is 11.4 Å². The highest BCUT2D eigenvalue weighted by atomic mass is 16.1. The third kappa shape index (κ3) is 4.02. The average Bonchev–Trinajstić information content (AvgIpc) is 3.64. The van der Waals surface area contributed by atoms with Gasteiger partial charge in [-0.15, -0.1) is 0 Å². The Balaban J connectivity index is 1.67. The fraction of sp³-hybridized carbons (Fsp3) is 0.214. The molecule has 1 saturated carbocycles. The normalized spacial score (nSPS) is 13.3. The van der Waals surface area contributed by atoms with E-state index in [1.54, 1.807) is 6.20 Å². The molecule has 1 aliphatic rings. The molecule has 3 N–H and O–H groups in total. The quantitative estimate of drug-likeness (QED) is 0.358. The van der Waals surface area contributed by atoms with Gasteiger partial charge in [0, 0.05) is 29.7 Å². The lowest BCUT2D eigenvalue weighted by Crippen LogP contribution is -2.07. The van der Waals surface area contributed by atoms with E-state index in [0.29, 0.717) is 12.1 Å². The van der Waals surface area contributed by atoms with Gasteiger partial charge in [-0.2, -0.15) is 0 Å². The zero-order valence-corrected chi connectivity index (χ0v) is 18.5. The Bertz CT molecular complexity index is 1300. The molecular formula is C28H27N3O. The van der Waals surface area contributed by atoms with E-state index < -0.39 is 0 Å². The number of carbonyl (C=O) groups is 1. The molecule has 0 bridgehead atoms. The van der Waals surface area contributed by atoms with Crippen molar-refractivity contribution in [1.29, 1.82) is 0 Å². The first kappa shape index (κ1) is 20.4. The Morgan fingerprint density at radius 1 is 0.969 bits per heavy atom. The van der Waals surface area contributed by atoms with Crippen molar-refractivity contribution in [2.45, 2.75) is 33.2 Å². The van der Waals surface area contributed by atoms with Gasteiger partial charge in [-0.1, -0.05) is 47.5 Å². The zero-order valence-electron chi connectivity index (χ0n) is 18.5. The first-order valence-electron chi connectivity index (χ1n) is 11.1. The number of fused-ring (bicyclic) bond motifs is 1. The fourth-order valence-corrected chi connectivity index (χ4v) is 4.27. The predicted molar refractivity (Wildman–Crippen MR) is 131 cm³/mol. The smallest absolute Gasteiger partial charge is 0.169 e. The number of ketones is 1. The van der Waals surface area contributed by atoms with Crippen LogP contribution in [0, 0.1) is 19.8 Å². The lowest BCUT2D eigenvalue weighted by Gasteiger charge is -2.16. The minimum atomic E-state index is 0.122. The van der Waals surface area contributed by atoms with Crippen molar-refractivity contribution in [1.82, 2.24) is 4.98 Å². The second-order valence-electron chi connectivity index (χ2n) is 8.82. The molecule has 1 aliphatic carbocycles. The molecule has 0 spiro atoms. The van der Waals surface area contributed by atoms with Crippen LogP contribution in [0.1, 0.15) is 39.9 Å². The Morgan fingerprint density at radius 2 is 1.69 bits per heavy atom. The van der Waals surface area contributed by atoms with E-state index in [1.807, 2.05) is 30.3 Å². The Hall–Kier alpha value is -3.50. The summed E-state index contributed by atoms with van der Waals surface area (Å²) in [6, 6.07) is 20.9. The molecule has 160 valence electrons. The summed E-state index contributed by atoms with van der Waals surface area (Å²) in [6.45, 7) is 4.73. The molecule has 4 aromatic rings. The molecule has 0 radical (unpaired) electrons. The molecule has 4 heteroatoms. The lowest BCUT2D eigenvalue weighted by atomic mass is 9.97. The van der Waals surface area contributed by atoms with E-state index in [1.165, 1.54) is 16.7 Å². The van der Waals surface area contributed by atoms with Gasteiger partial charge in [0.2, 0.25) is 0 Å². The highest BCUT2D eigenvalue weighted by Crippen LogP contribution is 2.38. The van der Waals surface area contributed by atoms with Crippen molar-refractivity contribution >= 4 is 28.1 Å². The number of nitrogens with two attached hydrogens (primary N) is 1. The van der Waals surface area contributed by atoms with Crippen molar-refractivity contribution in [3.05, 3.63) is 89.1 Å². The first-order chi connectivity index (χ1) is 15.5. The molecule has 1 aromatic heterocycles. The van der Waals surface area contributed by atoms with Crippen LogP contribution in [0.25, 0.3) is 22.0 Å². The summed E-state index contributed by atoms with van der Waals surface area (Å²) in [5, 5.41) is 4.48. The van der Waals surface area contributed by atoms with Crippen LogP contribution in [0.15, 0.2) is 66.9 Å². The molecule has 3 aromatic carbocycles. The maximum Gasteiger partial charge on any atom is 0.169 e. The third-order valence-corrected chi connectivity index (χ3v) is 6.10. The summed E-state index contributed by atoms with van der Waals surface area (Å²) in [6.07, 6.45) is 3.66. The van der Waals surface area contributed by atoms with Gasteiger partial charge in [0.15, 0.2) is 5.78 Å². The summed E-state index contributed by atoms with van der Waals surface area (Å²) in [5.41, 5.74) is 14.9. The molecule has 0 unspecified atom stereocenters. The van der Waals surface area contributed by atoms with Crippen molar-refractivity contribution in [2.24, 2.45) is 11.7 Å². The van der Waals surface area contributed by atoms with Gasteiger partial charge >= 0.3 is 0 Å². The van der Waals surface area contributed by atoms with E-state index in [-0.39, 0.29) is 11.7 Å². The molecule has 1 fully saturated rings. The van der Waals surface area contributed by atoms with E-state index in [2.05, 4.69) is 54.5 Å². The number of pyridine rings is 1. The van der Waals surface area contributed by atoms with E-state index in [0.717, 1.165) is 46.2 Å². The van der Waals surface area contributed by atoms with Crippen LogP contribution >= 0.6 is 0 Å². The highest BCUT2D eigenvalue weighted by Gasteiger charge is 2.32. The van der Waals surface area contributed by atoms with Crippen LogP contribution in [-0.4, -0.2) is 10.8 Å². The van der Waals surface area contributed by atoms with Crippen LogP contribution < -0.4 is 11.1 Å². The summed E-state index contributed by atoms with van der Waals surface area (Å²) in [7, 11) is 0. The largest absolute Gasteiger partial charge is 0.354 e. The van der Waals surface area contributed by atoms with Gasteiger partial charge in [0.25, 0.3) is 0 Å². The molecule has 1 heterocycles. The maximum absolute atomic E-state index is 13.1. The van der Waals surface area contributed by atoms with E-state index >= 15 is 0 Å². The van der Waals surface area contributed by atoms with Crippen molar-refractivity contribution in [2.75, 3.05) is 5.32 Å². The highest BCUT2D eigenvalue weighted by molar-refractivity contribution is 6.11. The SMILES string of the molecule is Cc1cc(C)cc(-c2ccc3ncc(C(=O)C4CC4)c(Nc4ccc(CN)cc4)c3c2)c1. The first-order valence-corrected chi connectivity index (χ1v) is 11.1. The standard InChI is InChI=1S/C28H27N3O/c1-17-11-18(2)13-22(12-17)21-7-10-26-24(14-21)27(25(16-30-26)28(32)20-5-6-20)31-23-8-3-19(15-29)4-9-23/h3-4,7-14,16,20H,5-6,15,29H2,1-2H3,(H,30,31). The second-order valence-corrected chi connectivity index (χ2v) is 8.82. The summed E-state index contributed by atoms with van der Waals surface area (Å²) in [4.78, 5) is 17.7. The molecule has 0 amide bonds. The minimum absolute atomic E-state index is 0.122. The van der Waals surface area contributed by atoms with Crippen molar-refractivity contribution in [3.63, 3.8) is 0 Å². The van der Waals surface area contributed by atoms with Crippen LogP contribution in [0.2, 0.25) is 0 Å². The summed E-state index contributed by atoms with van der Waals surface area (Å²) >= 11 is 0. The van der Waals surface area contributed by atoms with Crippen LogP contribution in [0.5, 0.6) is 0 Å². The number of nitrogens with one attached hydrogen (secondary N) is 1. The molecule has 4 nitrogen and oxygen atoms in total. The van der Waals surface area contributed by atoms with E-state index in [9.17, 15) is 4.79 Å². The number of aryl methyl sites for hydroxylation is 2. The molecule has 5 rings (SSSR count). The Morgan fingerprint density at radius 3 is 2.34 bits per heavy atom. The van der Waals surface area contributed by atoms with Crippen molar-refractivity contribution < 1.29 is 4.79 Å². The third-order valence-electron chi connectivity index (χ3n) is 6.10. The zero-order chi connectivity index (χ0) is 22.2. The van der Waals surface area contributed by atoms with Crippen LogP contribution in [-0.2, 0) is 6.54 Å². The van der Waals surface area contributed by atoms with Gasteiger partial charge in [0.1, 0.15) is 0 Å². The molecule has 0 saturated heterocycles. The number of carbonyl (C=O) groups excluding carboxylic acids is 1. The molecule has 0 atom stereocenters. The Kier molecular flexibility index (Phi) is 5.24. The van der Waals surface area contributed by atoms with E-state index in [4.69, 9.17) is 5.73 Å². The number of Topliss-reactive ketones (excluding diaryl/α,β-unsaturated/α-hetero) is 1. The van der Waals surface area contributed by atoms with Gasteiger partial charge < -0.3 is 11.1 Å². The van der Waals surface area contributed by atoms with Gasteiger partial charge in [-0.3, -0.25) is 9.78 Å². The minimum Gasteiger partial charge on any atom is -0.354 e. The maximum atomic E-state index is 13.1. The van der Waals surface area contributed by atoms with Gasteiger partial charge in [-0.05, 0) is 67.6 Å². The fourth-order valence-electron chi connectivity index (χ4n) is 4.27. The number of hydrogen-bond acceptors (Lipinski definition) is 4. The number of benzene rings is 3. The Labute approximate surface area is 188 Å². The van der Waals surface area contributed by atoms with Crippen LogP contribution in [0.3, 0.4) is 0 Å². The molecule has 32 heavy (non-hydrogen) atoms. The second kappa shape index (κ2) is 8.21. The summed E-state index contributed by atoms with van der Waals surface area (Å²) < 4.78 is 0. The topological polar surface area (TPSA) is 68.0 Å². The monoisotopic (exact) mass is 421 g/mol. The van der Waals surface area contributed by atoms with Gasteiger partial charge in [0.05, 0.1) is 16.8 Å². The summed E-state index contributed by atoms with van der Waals surface area (Å²) in [5.74, 6) is 0.300. The van der Waals surface area contributed by atoms with Crippen molar-refractivity contribution in [3.8, 4) is 11.1 Å². The number of aromatic nitrogens is 1. The molecule has 0 aliphatic heterocycles. The number of rotatable bonds is 6. The number of nitrogens with zero attached hydrogens (tertiary/aromatic N) is 1. The molecular weight excluding hydrogens is 394 g/mol. The predicted octanol–water partition coefficient (Wildman–Crippen LogP) is 6.31. The number of hydrogen-bond donors (Lipinski definition) is 2. The lowest BCUT2D eigenvalue weighted by molar-refractivity contribution is 0.0968.